The molecule has 0 aliphatic carbocycles. The number of benzene rings is 3. The Kier molecular flexibility index (Phi) is 6.94. The van der Waals surface area contributed by atoms with Crippen molar-refractivity contribution in [3.8, 4) is 5.75 Å². The Labute approximate surface area is 171 Å². The summed E-state index contributed by atoms with van der Waals surface area (Å²) in [6.45, 7) is -1.21. The number of halogens is 1. The highest BCUT2D eigenvalue weighted by Crippen LogP contribution is 2.20. The molecule has 0 atom stereocenters. The van der Waals surface area contributed by atoms with Crippen molar-refractivity contribution >= 4 is 34.2 Å². The lowest BCUT2D eigenvalue weighted by atomic mass is 10.1. The SMILES string of the molecule is O=C(COC(=O)COc1ccc2ccccc2c1)NCC(=O)Nc1ccc(F)cc1. The van der Waals surface area contributed by atoms with E-state index in [2.05, 4.69) is 10.6 Å². The summed E-state index contributed by atoms with van der Waals surface area (Å²) in [7, 11) is 0. The van der Waals surface area contributed by atoms with Crippen molar-refractivity contribution in [3.63, 3.8) is 0 Å². The van der Waals surface area contributed by atoms with Crippen LogP contribution in [0.3, 0.4) is 0 Å². The molecule has 8 heteroatoms. The van der Waals surface area contributed by atoms with E-state index in [1.807, 2.05) is 30.3 Å². The second-order valence-corrected chi connectivity index (χ2v) is 6.29. The average molecular weight is 410 g/mol. The molecule has 7 nitrogen and oxygen atoms in total. The molecule has 3 aromatic carbocycles. The molecule has 0 unspecified atom stereocenters. The summed E-state index contributed by atoms with van der Waals surface area (Å²) in [5, 5.41) is 6.84. The van der Waals surface area contributed by atoms with Crippen molar-refractivity contribution in [1.29, 1.82) is 0 Å². The zero-order chi connectivity index (χ0) is 21.3. The van der Waals surface area contributed by atoms with Crippen molar-refractivity contribution in [2.24, 2.45) is 0 Å². The van der Waals surface area contributed by atoms with Gasteiger partial charge in [0.1, 0.15) is 11.6 Å². The second kappa shape index (κ2) is 10.0. The van der Waals surface area contributed by atoms with Crippen LogP contribution in [0.25, 0.3) is 10.8 Å². The molecule has 2 amide bonds. The third-order valence-electron chi connectivity index (χ3n) is 4.02. The van der Waals surface area contributed by atoms with Gasteiger partial charge in [-0.1, -0.05) is 30.3 Å². The number of esters is 1. The van der Waals surface area contributed by atoms with Crippen LogP contribution in [-0.4, -0.2) is 37.5 Å². The molecule has 30 heavy (non-hydrogen) atoms. The summed E-state index contributed by atoms with van der Waals surface area (Å²) >= 11 is 0. The Morgan fingerprint density at radius 2 is 1.57 bits per heavy atom. The third-order valence-corrected chi connectivity index (χ3v) is 4.02. The molecular formula is C22H19FN2O5. The minimum atomic E-state index is -0.714. The lowest BCUT2D eigenvalue weighted by molar-refractivity contribution is -0.150. The van der Waals surface area contributed by atoms with Crippen LogP contribution in [0.2, 0.25) is 0 Å². The number of ether oxygens (including phenoxy) is 2. The first kappa shape index (κ1) is 20.8. The van der Waals surface area contributed by atoms with Gasteiger partial charge in [-0.2, -0.15) is 0 Å². The average Bonchev–Trinajstić information content (AvgIpc) is 2.76. The topological polar surface area (TPSA) is 93.7 Å². The lowest BCUT2D eigenvalue weighted by Crippen LogP contribution is -2.36. The van der Waals surface area contributed by atoms with Gasteiger partial charge in [-0.05, 0) is 47.2 Å². The zero-order valence-electron chi connectivity index (χ0n) is 15.9. The molecule has 0 heterocycles. The van der Waals surface area contributed by atoms with Gasteiger partial charge in [0, 0.05) is 5.69 Å². The van der Waals surface area contributed by atoms with Gasteiger partial charge in [0.15, 0.2) is 13.2 Å². The quantitative estimate of drug-likeness (QED) is 0.557. The number of anilines is 1. The molecule has 3 rings (SSSR count). The van der Waals surface area contributed by atoms with Gasteiger partial charge in [0.25, 0.3) is 5.91 Å². The molecule has 154 valence electrons. The number of rotatable bonds is 8. The summed E-state index contributed by atoms with van der Waals surface area (Å²) in [6, 6.07) is 18.3. The fraction of sp³-hybridized carbons (Fsp3) is 0.136. The van der Waals surface area contributed by atoms with Crippen LogP contribution in [0.5, 0.6) is 5.75 Å². The molecule has 0 bridgehead atoms. The molecule has 0 aromatic heterocycles. The van der Waals surface area contributed by atoms with E-state index >= 15 is 0 Å². The number of nitrogens with one attached hydrogen (secondary N) is 2. The van der Waals surface area contributed by atoms with E-state index in [0.717, 1.165) is 10.8 Å². The number of carbonyl (C=O) groups excluding carboxylic acids is 3. The van der Waals surface area contributed by atoms with Gasteiger partial charge in [-0.15, -0.1) is 0 Å². The van der Waals surface area contributed by atoms with Gasteiger partial charge in [0.2, 0.25) is 5.91 Å². The van der Waals surface area contributed by atoms with E-state index in [0.29, 0.717) is 11.4 Å². The second-order valence-electron chi connectivity index (χ2n) is 6.29. The maximum absolute atomic E-state index is 12.8. The molecule has 0 spiro atoms. The first-order valence-electron chi connectivity index (χ1n) is 9.09. The Hall–Kier alpha value is -3.94. The molecule has 0 saturated carbocycles. The fourth-order valence-corrected chi connectivity index (χ4v) is 2.56. The van der Waals surface area contributed by atoms with Crippen molar-refractivity contribution in [2.45, 2.75) is 0 Å². The van der Waals surface area contributed by atoms with Crippen LogP contribution in [-0.2, 0) is 19.1 Å². The predicted octanol–water partition coefficient (Wildman–Crippen LogP) is 2.66. The Morgan fingerprint density at radius 3 is 2.33 bits per heavy atom. The molecule has 0 aliphatic heterocycles. The monoisotopic (exact) mass is 410 g/mol. The Bertz CT molecular complexity index is 1050. The van der Waals surface area contributed by atoms with Crippen LogP contribution in [0, 0.1) is 5.82 Å². The molecule has 2 N–H and O–H groups in total. The Balaban J connectivity index is 1.35. The first-order chi connectivity index (χ1) is 14.5. The van der Waals surface area contributed by atoms with Crippen LogP contribution in [0.15, 0.2) is 66.7 Å². The normalized spacial score (nSPS) is 10.3. The van der Waals surface area contributed by atoms with E-state index in [9.17, 15) is 18.8 Å². The van der Waals surface area contributed by atoms with Crippen molar-refractivity contribution < 1.29 is 28.2 Å². The van der Waals surface area contributed by atoms with Crippen LogP contribution >= 0.6 is 0 Å². The number of amides is 2. The van der Waals surface area contributed by atoms with E-state index in [4.69, 9.17) is 9.47 Å². The minimum Gasteiger partial charge on any atom is -0.482 e. The molecule has 3 aromatic rings. The predicted molar refractivity (Wildman–Crippen MR) is 108 cm³/mol. The van der Waals surface area contributed by atoms with E-state index in [1.54, 1.807) is 12.1 Å². The number of hydrogen-bond donors (Lipinski definition) is 2. The highest BCUT2D eigenvalue weighted by molar-refractivity contribution is 5.94. The summed E-state index contributed by atoms with van der Waals surface area (Å²) in [6.07, 6.45) is 0. The van der Waals surface area contributed by atoms with Crippen LogP contribution < -0.4 is 15.4 Å². The van der Waals surface area contributed by atoms with Gasteiger partial charge in [-0.25, -0.2) is 9.18 Å². The largest absolute Gasteiger partial charge is 0.482 e. The van der Waals surface area contributed by atoms with E-state index in [-0.39, 0.29) is 13.2 Å². The number of carbonyl (C=O) groups is 3. The maximum atomic E-state index is 12.8. The van der Waals surface area contributed by atoms with E-state index < -0.39 is 30.2 Å². The Morgan fingerprint density at radius 1 is 0.833 bits per heavy atom. The molecule has 0 saturated heterocycles. The number of fused-ring (bicyclic) bond motifs is 1. The molecule has 0 radical (unpaired) electrons. The molecule has 0 fully saturated rings. The molecular weight excluding hydrogens is 391 g/mol. The van der Waals surface area contributed by atoms with Gasteiger partial charge in [0.05, 0.1) is 6.54 Å². The zero-order valence-corrected chi connectivity index (χ0v) is 15.9. The molecule has 0 aliphatic rings. The standard InChI is InChI=1S/C22H19FN2O5/c23-17-6-8-18(9-7-17)25-20(26)12-24-21(27)13-30-22(28)14-29-19-10-5-15-3-1-2-4-16(15)11-19/h1-11H,12-14H2,(H,24,27)(H,25,26). The summed E-state index contributed by atoms with van der Waals surface area (Å²) in [4.78, 5) is 35.2. The highest BCUT2D eigenvalue weighted by Gasteiger charge is 2.10. The fourth-order valence-electron chi connectivity index (χ4n) is 2.56. The highest BCUT2D eigenvalue weighted by atomic mass is 19.1. The van der Waals surface area contributed by atoms with Crippen molar-refractivity contribution in [2.75, 3.05) is 25.1 Å². The smallest absolute Gasteiger partial charge is 0.344 e. The van der Waals surface area contributed by atoms with Gasteiger partial charge >= 0.3 is 5.97 Å². The van der Waals surface area contributed by atoms with Crippen molar-refractivity contribution in [1.82, 2.24) is 5.32 Å². The van der Waals surface area contributed by atoms with Crippen molar-refractivity contribution in [3.05, 3.63) is 72.5 Å². The third kappa shape index (κ3) is 6.30. The minimum absolute atomic E-state index is 0.318. The number of hydrogen-bond acceptors (Lipinski definition) is 5. The van der Waals surface area contributed by atoms with Crippen LogP contribution in [0.1, 0.15) is 0 Å². The maximum Gasteiger partial charge on any atom is 0.344 e. The van der Waals surface area contributed by atoms with Gasteiger partial charge < -0.3 is 20.1 Å². The van der Waals surface area contributed by atoms with E-state index in [1.165, 1.54) is 24.3 Å². The first-order valence-corrected chi connectivity index (χ1v) is 9.09. The lowest BCUT2D eigenvalue weighted by Gasteiger charge is -2.09. The van der Waals surface area contributed by atoms with Crippen LogP contribution in [0.4, 0.5) is 10.1 Å². The summed E-state index contributed by atoms with van der Waals surface area (Å²) < 4.78 is 23.0. The van der Waals surface area contributed by atoms with Gasteiger partial charge in [-0.3, -0.25) is 9.59 Å². The summed E-state index contributed by atoms with van der Waals surface area (Å²) in [5.74, 6) is -1.77. The summed E-state index contributed by atoms with van der Waals surface area (Å²) in [5.41, 5.74) is 0.396.